The number of piperidine rings is 1. The Balaban J connectivity index is 1.82. The summed E-state index contributed by atoms with van der Waals surface area (Å²) in [4.78, 5) is 14.6. The number of carbonyl (C=O) groups is 1. The van der Waals surface area contributed by atoms with Gasteiger partial charge in [-0.1, -0.05) is 19.8 Å². The maximum atomic E-state index is 12.2. The molecule has 0 aromatic carbocycles. The molecule has 2 N–H and O–H groups in total. The summed E-state index contributed by atoms with van der Waals surface area (Å²) in [5.74, 6) is 1.53. The van der Waals surface area contributed by atoms with E-state index in [9.17, 15) is 4.79 Å². The molecule has 1 amide bonds. The van der Waals surface area contributed by atoms with E-state index in [1.54, 1.807) is 0 Å². The Morgan fingerprint density at radius 1 is 1.33 bits per heavy atom. The monoisotopic (exact) mass is 295 g/mol. The highest BCUT2D eigenvalue weighted by Gasteiger charge is 2.37. The van der Waals surface area contributed by atoms with Gasteiger partial charge in [-0.25, -0.2) is 0 Å². The molecule has 1 aliphatic carbocycles. The van der Waals surface area contributed by atoms with Gasteiger partial charge in [-0.2, -0.15) is 0 Å². The Labute approximate surface area is 130 Å². The van der Waals surface area contributed by atoms with E-state index in [1.165, 1.54) is 38.5 Å². The summed E-state index contributed by atoms with van der Waals surface area (Å²) in [6.45, 7) is 5.26. The first-order valence-corrected chi connectivity index (χ1v) is 8.67. The van der Waals surface area contributed by atoms with Crippen LogP contribution >= 0.6 is 0 Å². The minimum atomic E-state index is 0.165. The largest absolute Gasteiger partial charge is 0.354 e. The van der Waals surface area contributed by atoms with Gasteiger partial charge in [0, 0.05) is 18.5 Å². The molecule has 0 aromatic rings. The van der Waals surface area contributed by atoms with Gasteiger partial charge in [0.2, 0.25) is 5.91 Å². The van der Waals surface area contributed by atoms with Crippen LogP contribution in [0.25, 0.3) is 0 Å². The molecular weight excluding hydrogens is 262 g/mol. The minimum absolute atomic E-state index is 0.165. The maximum absolute atomic E-state index is 12.2. The molecule has 1 heterocycles. The van der Waals surface area contributed by atoms with Crippen molar-refractivity contribution in [3.05, 3.63) is 0 Å². The molecule has 4 heteroatoms. The Bertz CT molecular complexity index is 339. The first-order chi connectivity index (χ1) is 10.0. The summed E-state index contributed by atoms with van der Waals surface area (Å²) in [6, 6.07) is 0. The summed E-state index contributed by atoms with van der Waals surface area (Å²) in [6.07, 6.45) is 8.10. The van der Waals surface area contributed by atoms with Crippen LogP contribution in [0.1, 0.15) is 51.9 Å². The van der Waals surface area contributed by atoms with Crippen LogP contribution in [0.2, 0.25) is 0 Å². The van der Waals surface area contributed by atoms with E-state index in [0.29, 0.717) is 12.3 Å². The lowest BCUT2D eigenvalue weighted by molar-refractivity contribution is -0.123. The summed E-state index contributed by atoms with van der Waals surface area (Å²) in [7, 11) is 4.32. The molecule has 3 unspecified atom stereocenters. The quantitative estimate of drug-likeness (QED) is 0.815. The first-order valence-electron chi connectivity index (χ1n) is 8.67. The van der Waals surface area contributed by atoms with E-state index in [0.717, 1.165) is 25.6 Å². The third kappa shape index (κ3) is 4.68. The molecule has 0 spiro atoms. The molecule has 0 radical (unpaired) electrons. The van der Waals surface area contributed by atoms with Crippen molar-refractivity contribution < 1.29 is 4.79 Å². The third-order valence-corrected chi connectivity index (χ3v) is 5.50. The van der Waals surface area contributed by atoms with Crippen LogP contribution in [-0.2, 0) is 4.79 Å². The third-order valence-electron chi connectivity index (χ3n) is 5.50. The number of amides is 1. The summed E-state index contributed by atoms with van der Waals surface area (Å²) in [5, 5.41) is 6.62. The van der Waals surface area contributed by atoms with Crippen LogP contribution in [0.4, 0.5) is 0 Å². The van der Waals surface area contributed by atoms with Gasteiger partial charge in [-0.3, -0.25) is 4.79 Å². The molecule has 1 saturated heterocycles. The number of nitrogens with zero attached hydrogens (tertiary/aromatic N) is 1. The minimum Gasteiger partial charge on any atom is -0.354 e. The fourth-order valence-corrected chi connectivity index (χ4v) is 4.05. The summed E-state index contributed by atoms with van der Waals surface area (Å²) < 4.78 is 0. The van der Waals surface area contributed by atoms with Gasteiger partial charge in [0.15, 0.2) is 0 Å². The fourth-order valence-electron chi connectivity index (χ4n) is 4.05. The molecule has 0 bridgehead atoms. The molecule has 2 fully saturated rings. The Morgan fingerprint density at radius 3 is 2.76 bits per heavy atom. The van der Waals surface area contributed by atoms with Gasteiger partial charge < -0.3 is 15.5 Å². The van der Waals surface area contributed by atoms with Crippen LogP contribution in [0.5, 0.6) is 0 Å². The van der Waals surface area contributed by atoms with Gasteiger partial charge >= 0.3 is 0 Å². The molecule has 1 saturated carbocycles. The molecule has 3 atom stereocenters. The molecule has 2 aliphatic rings. The molecular formula is C17H33N3O. The van der Waals surface area contributed by atoms with E-state index in [2.05, 4.69) is 36.6 Å². The van der Waals surface area contributed by atoms with E-state index in [4.69, 9.17) is 0 Å². The second-order valence-corrected chi connectivity index (χ2v) is 7.51. The average molecular weight is 295 g/mol. The lowest BCUT2D eigenvalue weighted by Crippen LogP contribution is -2.55. The van der Waals surface area contributed by atoms with Crippen LogP contribution in [-0.4, -0.2) is 50.1 Å². The maximum Gasteiger partial charge on any atom is 0.220 e. The van der Waals surface area contributed by atoms with Gasteiger partial charge in [0.1, 0.15) is 0 Å². The van der Waals surface area contributed by atoms with Crippen LogP contribution in [0.3, 0.4) is 0 Å². The first kappa shape index (κ1) is 16.8. The number of hydrogen-bond donors (Lipinski definition) is 2. The fraction of sp³-hybridized carbons (Fsp3) is 0.941. The zero-order chi connectivity index (χ0) is 15.3. The molecule has 0 aromatic heterocycles. The van der Waals surface area contributed by atoms with Gasteiger partial charge in [0.25, 0.3) is 0 Å². The molecule has 2 rings (SSSR count). The predicted molar refractivity (Wildman–Crippen MR) is 87.3 cm³/mol. The van der Waals surface area contributed by atoms with Crippen molar-refractivity contribution in [2.45, 2.75) is 57.4 Å². The van der Waals surface area contributed by atoms with Crippen molar-refractivity contribution >= 4 is 5.91 Å². The Kier molecular flexibility index (Phi) is 6.06. The van der Waals surface area contributed by atoms with Crippen LogP contribution in [0, 0.1) is 11.8 Å². The van der Waals surface area contributed by atoms with Crippen molar-refractivity contribution in [3.8, 4) is 0 Å². The number of nitrogens with one attached hydrogen (secondary N) is 2. The molecule has 4 nitrogen and oxygen atoms in total. The lowest BCUT2D eigenvalue weighted by Gasteiger charge is -2.45. The van der Waals surface area contributed by atoms with Gasteiger partial charge in [-0.15, -0.1) is 0 Å². The van der Waals surface area contributed by atoms with Crippen molar-refractivity contribution in [1.29, 1.82) is 0 Å². The number of carbonyl (C=O) groups excluding carboxylic acids is 1. The zero-order valence-electron chi connectivity index (χ0n) is 14.1. The molecule has 21 heavy (non-hydrogen) atoms. The van der Waals surface area contributed by atoms with E-state index >= 15 is 0 Å². The number of rotatable bonds is 5. The second-order valence-electron chi connectivity index (χ2n) is 7.51. The average Bonchev–Trinajstić information content (AvgIpc) is 2.46. The SMILES string of the molecule is CC1CCCC(CNC(=O)CC2CCCNC2)(N(C)C)C1. The number of hydrogen-bond acceptors (Lipinski definition) is 3. The van der Waals surface area contributed by atoms with E-state index in [1.807, 2.05) is 0 Å². The van der Waals surface area contributed by atoms with Crippen molar-refractivity contribution in [2.75, 3.05) is 33.7 Å². The molecule has 1 aliphatic heterocycles. The molecule has 122 valence electrons. The van der Waals surface area contributed by atoms with E-state index in [-0.39, 0.29) is 11.4 Å². The zero-order valence-corrected chi connectivity index (χ0v) is 14.1. The van der Waals surface area contributed by atoms with Crippen molar-refractivity contribution in [1.82, 2.24) is 15.5 Å². The van der Waals surface area contributed by atoms with Crippen LogP contribution < -0.4 is 10.6 Å². The summed E-state index contributed by atoms with van der Waals surface area (Å²) in [5.41, 5.74) is 0.165. The van der Waals surface area contributed by atoms with Crippen molar-refractivity contribution in [3.63, 3.8) is 0 Å². The highest BCUT2D eigenvalue weighted by Crippen LogP contribution is 2.35. The van der Waals surface area contributed by atoms with Gasteiger partial charge in [0.05, 0.1) is 0 Å². The Hall–Kier alpha value is -0.610. The highest BCUT2D eigenvalue weighted by atomic mass is 16.1. The Morgan fingerprint density at radius 2 is 2.14 bits per heavy atom. The topological polar surface area (TPSA) is 44.4 Å². The number of likely N-dealkylation sites (N-methyl/N-ethyl adjacent to an activating group) is 1. The predicted octanol–water partition coefficient (Wildman–Crippen LogP) is 2.00. The standard InChI is InChI=1S/C17H33N3O/c1-14-6-4-8-17(11-14,20(2)3)13-19-16(21)10-15-7-5-9-18-12-15/h14-15,18H,4-13H2,1-3H3,(H,19,21). The lowest BCUT2D eigenvalue weighted by atomic mass is 9.75. The van der Waals surface area contributed by atoms with Crippen molar-refractivity contribution in [2.24, 2.45) is 11.8 Å². The normalized spacial score (nSPS) is 33.9. The van der Waals surface area contributed by atoms with E-state index < -0.39 is 0 Å². The highest BCUT2D eigenvalue weighted by molar-refractivity contribution is 5.76. The second kappa shape index (κ2) is 7.59. The smallest absolute Gasteiger partial charge is 0.220 e. The summed E-state index contributed by atoms with van der Waals surface area (Å²) >= 11 is 0. The van der Waals surface area contributed by atoms with Gasteiger partial charge in [-0.05, 0) is 64.7 Å². The van der Waals surface area contributed by atoms with Crippen LogP contribution in [0.15, 0.2) is 0 Å².